The van der Waals surface area contributed by atoms with Crippen LogP contribution >= 0.6 is 0 Å². The molecule has 0 aromatic heterocycles. The molecule has 1 N–H and O–H groups in total. The maximum absolute atomic E-state index is 11.5. The number of carbonyl (C=O) groups excluding carboxylic acids is 2. The topological polar surface area (TPSA) is 55.4 Å². The third-order valence-electron chi connectivity index (χ3n) is 2.84. The van der Waals surface area contributed by atoms with Gasteiger partial charge in [-0.1, -0.05) is 0 Å². The molecule has 2 atom stereocenters. The first kappa shape index (κ1) is 14.0. The summed E-state index contributed by atoms with van der Waals surface area (Å²) < 4.78 is 5.20. The van der Waals surface area contributed by atoms with Crippen molar-refractivity contribution in [3.05, 3.63) is 0 Å². The fraction of sp³-hybridized carbons (Fsp3) is 0.846. The molecule has 1 saturated carbocycles. The van der Waals surface area contributed by atoms with E-state index in [4.69, 9.17) is 4.74 Å². The Morgan fingerprint density at radius 1 is 1.29 bits per heavy atom. The predicted molar refractivity (Wildman–Crippen MR) is 65.8 cm³/mol. The summed E-state index contributed by atoms with van der Waals surface area (Å²) in [7, 11) is 0. The minimum absolute atomic E-state index is 0.161. The standard InChI is InChI=1S/C13H23NO3/c1-9(15)7-10-5-6-11(8-10)14-12(16)17-13(2,3)4/h10-11H,5-8H2,1-4H3,(H,14,16). The normalized spacial score (nSPS) is 24.5. The molecule has 0 bridgehead atoms. The lowest BCUT2D eigenvalue weighted by Gasteiger charge is -2.21. The van der Waals surface area contributed by atoms with E-state index in [9.17, 15) is 9.59 Å². The van der Waals surface area contributed by atoms with E-state index >= 15 is 0 Å². The van der Waals surface area contributed by atoms with Crippen LogP contribution in [-0.2, 0) is 9.53 Å². The van der Waals surface area contributed by atoms with Gasteiger partial charge in [0.1, 0.15) is 11.4 Å². The first-order chi connectivity index (χ1) is 7.76. The quantitative estimate of drug-likeness (QED) is 0.826. The van der Waals surface area contributed by atoms with Crippen LogP contribution in [0.15, 0.2) is 0 Å². The Balaban J connectivity index is 2.30. The Kier molecular flexibility index (Phi) is 4.54. The molecule has 0 saturated heterocycles. The molecule has 1 aliphatic carbocycles. The van der Waals surface area contributed by atoms with E-state index in [0.29, 0.717) is 12.3 Å². The second kappa shape index (κ2) is 5.52. The minimum Gasteiger partial charge on any atom is -0.444 e. The van der Waals surface area contributed by atoms with Gasteiger partial charge < -0.3 is 14.8 Å². The summed E-state index contributed by atoms with van der Waals surface area (Å²) in [5.74, 6) is 0.653. The largest absolute Gasteiger partial charge is 0.444 e. The lowest BCUT2D eigenvalue weighted by Crippen LogP contribution is -2.37. The van der Waals surface area contributed by atoms with Crippen molar-refractivity contribution in [3.63, 3.8) is 0 Å². The Morgan fingerprint density at radius 3 is 2.47 bits per heavy atom. The molecule has 1 amide bonds. The molecule has 0 radical (unpaired) electrons. The van der Waals surface area contributed by atoms with Gasteiger partial charge in [0, 0.05) is 12.5 Å². The molecular weight excluding hydrogens is 218 g/mol. The summed E-state index contributed by atoms with van der Waals surface area (Å²) in [6, 6.07) is 0.161. The first-order valence-electron chi connectivity index (χ1n) is 6.25. The van der Waals surface area contributed by atoms with Gasteiger partial charge in [-0.3, -0.25) is 0 Å². The van der Waals surface area contributed by atoms with Crippen molar-refractivity contribution >= 4 is 11.9 Å². The zero-order valence-corrected chi connectivity index (χ0v) is 11.2. The number of carbonyl (C=O) groups is 2. The average Bonchev–Trinajstić information content (AvgIpc) is 2.46. The average molecular weight is 241 g/mol. The molecule has 1 rings (SSSR count). The van der Waals surface area contributed by atoms with Gasteiger partial charge in [0.15, 0.2) is 0 Å². The highest BCUT2D eigenvalue weighted by atomic mass is 16.6. The van der Waals surface area contributed by atoms with Gasteiger partial charge in [-0.15, -0.1) is 0 Å². The molecule has 1 fully saturated rings. The van der Waals surface area contributed by atoms with E-state index < -0.39 is 5.60 Å². The smallest absolute Gasteiger partial charge is 0.407 e. The van der Waals surface area contributed by atoms with E-state index in [-0.39, 0.29) is 17.9 Å². The highest BCUT2D eigenvalue weighted by molar-refractivity contribution is 5.75. The molecule has 1 aliphatic rings. The van der Waals surface area contributed by atoms with Crippen molar-refractivity contribution in [2.24, 2.45) is 5.92 Å². The fourth-order valence-corrected chi connectivity index (χ4v) is 2.27. The maximum Gasteiger partial charge on any atom is 0.407 e. The maximum atomic E-state index is 11.5. The van der Waals surface area contributed by atoms with Crippen LogP contribution in [0.25, 0.3) is 0 Å². The van der Waals surface area contributed by atoms with Crippen molar-refractivity contribution in [2.75, 3.05) is 0 Å². The van der Waals surface area contributed by atoms with Crippen LogP contribution in [0.4, 0.5) is 4.79 Å². The number of alkyl carbamates (subject to hydrolysis) is 1. The third kappa shape index (κ3) is 5.71. The number of ether oxygens (including phenoxy) is 1. The molecule has 0 spiro atoms. The van der Waals surface area contributed by atoms with Crippen molar-refractivity contribution < 1.29 is 14.3 Å². The van der Waals surface area contributed by atoms with Crippen LogP contribution < -0.4 is 5.32 Å². The number of Topliss-reactive ketones (excluding diaryl/α,β-unsaturated/α-hetero) is 1. The number of amides is 1. The van der Waals surface area contributed by atoms with Crippen LogP contribution in [-0.4, -0.2) is 23.5 Å². The van der Waals surface area contributed by atoms with Crippen LogP contribution in [0, 0.1) is 5.92 Å². The van der Waals surface area contributed by atoms with Gasteiger partial charge in [0.2, 0.25) is 0 Å². The molecule has 0 aromatic carbocycles. The molecule has 17 heavy (non-hydrogen) atoms. The van der Waals surface area contributed by atoms with Crippen molar-refractivity contribution in [3.8, 4) is 0 Å². The summed E-state index contributed by atoms with van der Waals surface area (Å²) in [6.45, 7) is 7.16. The third-order valence-corrected chi connectivity index (χ3v) is 2.84. The Bertz CT molecular complexity index is 294. The molecule has 4 nitrogen and oxygen atoms in total. The zero-order chi connectivity index (χ0) is 13.1. The second-order valence-electron chi connectivity index (χ2n) is 5.93. The number of hydrogen-bond donors (Lipinski definition) is 1. The van der Waals surface area contributed by atoms with E-state index in [1.807, 2.05) is 20.8 Å². The molecule has 0 heterocycles. The highest BCUT2D eigenvalue weighted by Gasteiger charge is 2.28. The Labute approximate surface area is 103 Å². The predicted octanol–water partition coefficient (Wildman–Crippen LogP) is 2.66. The van der Waals surface area contributed by atoms with E-state index in [2.05, 4.69) is 5.32 Å². The fourth-order valence-electron chi connectivity index (χ4n) is 2.27. The molecular formula is C13H23NO3. The number of rotatable bonds is 3. The van der Waals surface area contributed by atoms with Crippen LogP contribution in [0.1, 0.15) is 53.4 Å². The number of hydrogen-bond acceptors (Lipinski definition) is 3. The van der Waals surface area contributed by atoms with E-state index in [1.165, 1.54) is 0 Å². The molecule has 0 aromatic rings. The summed E-state index contributed by atoms with van der Waals surface area (Å²) in [4.78, 5) is 22.5. The van der Waals surface area contributed by atoms with Crippen molar-refractivity contribution in [2.45, 2.75) is 65.0 Å². The van der Waals surface area contributed by atoms with E-state index in [0.717, 1.165) is 19.3 Å². The van der Waals surface area contributed by atoms with Gasteiger partial charge in [-0.25, -0.2) is 4.79 Å². The van der Waals surface area contributed by atoms with Crippen LogP contribution in [0.2, 0.25) is 0 Å². The second-order valence-corrected chi connectivity index (χ2v) is 5.93. The van der Waals surface area contributed by atoms with Gasteiger partial charge in [0.05, 0.1) is 0 Å². The van der Waals surface area contributed by atoms with Gasteiger partial charge in [-0.05, 0) is 52.9 Å². The SMILES string of the molecule is CC(=O)CC1CCC(NC(=O)OC(C)(C)C)C1. The number of ketones is 1. The summed E-state index contributed by atoms with van der Waals surface area (Å²) in [5, 5.41) is 2.87. The number of nitrogens with one attached hydrogen (secondary N) is 1. The van der Waals surface area contributed by atoms with Crippen LogP contribution in [0.3, 0.4) is 0 Å². The lowest BCUT2D eigenvalue weighted by molar-refractivity contribution is -0.117. The lowest BCUT2D eigenvalue weighted by atomic mass is 10.0. The summed E-state index contributed by atoms with van der Waals surface area (Å²) in [5.41, 5.74) is -0.457. The Morgan fingerprint density at radius 2 is 1.94 bits per heavy atom. The van der Waals surface area contributed by atoms with Gasteiger partial charge >= 0.3 is 6.09 Å². The molecule has 0 aliphatic heterocycles. The summed E-state index contributed by atoms with van der Waals surface area (Å²) in [6.07, 6.45) is 3.12. The minimum atomic E-state index is -0.457. The van der Waals surface area contributed by atoms with Crippen molar-refractivity contribution in [1.82, 2.24) is 5.32 Å². The highest BCUT2D eigenvalue weighted by Crippen LogP contribution is 2.28. The summed E-state index contributed by atoms with van der Waals surface area (Å²) >= 11 is 0. The van der Waals surface area contributed by atoms with E-state index in [1.54, 1.807) is 6.92 Å². The van der Waals surface area contributed by atoms with Crippen LogP contribution in [0.5, 0.6) is 0 Å². The first-order valence-corrected chi connectivity index (χ1v) is 6.25. The van der Waals surface area contributed by atoms with Gasteiger partial charge in [0.25, 0.3) is 0 Å². The van der Waals surface area contributed by atoms with Gasteiger partial charge in [-0.2, -0.15) is 0 Å². The zero-order valence-electron chi connectivity index (χ0n) is 11.2. The molecule has 2 unspecified atom stereocenters. The molecule has 98 valence electrons. The van der Waals surface area contributed by atoms with Crippen molar-refractivity contribution in [1.29, 1.82) is 0 Å². The monoisotopic (exact) mass is 241 g/mol. The molecule has 4 heteroatoms. The Hall–Kier alpha value is -1.06.